The van der Waals surface area contributed by atoms with Crippen LogP contribution in [0, 0.1) is 5.92 Å². The highest BCUT2D eigenvalue weighted by Crippen LogP contribution is 2.46. The molecule has 1 saturated heterocycles. The zero-order valence-electron chi connectivity index (χ0n) is 26.7. The number of halogens is 2. The summed E-state index contributed by atoms with van der Waals surface area (Å²) in [7, 11) is 0. The zero-order chi connectivity index (χ0) is 35.0. The summed E-state index contributed by atoms with van der Waals surface area (Å²) >= 11 is 13.5. The summed E-state index contributed by atoms with van der Waals surface area (Å²) in [6, 6.07) is 20.1. The third-order valence-corrected chi connectivity index (χ3v) is 10.9. The molecule has 3 aromatic rings. The third kappa shape index (κ3) is 9.27. The van der Waals surface area contributed by atoms with Gasteiger partial charge >= 0.3 is 5.97 Å². The van der Waals surface area contributed by atoms with E-state index in [1.54, 1.807) is 60.7 Å². The molecule has 0 aromatic heterocycles. The van der Waals surface area contributed by atoms with Crippen LogP contribution in [0.25, 0.3) is 0 Å². The molecule has 0 spiro atoms. The number of ether oxygens (including phenoxy) is 1. The molecule has 1 aliphatic carbocycles. The maximum atomic E-state index is 13.0. The van der Waals surface area contributed by atoms with Crippen LogP contribution in [0.3, 0.4) is 0 Å². The highest BCUT2D eigenvalue weighted by atomic mass is 35.5. The number of rotatable bonds is 15. The van der Waals surface area contributed by atoms with Crippen LogP contribution in [0.5, 0.6) is 5.75 Å². The SMILES string of the molecule is O=C(COc1ccc([C@]2(c3ccc(Cl)cc3)NC(=O)[C@@H]2SCC(O)c2ccc(Cl)cc2)cc1)NCC(=O)N[C@H](CC1CCCCC1)C(=O)O. The minimum Gasteiger partial charge on any atom is -0.484 e. The fraction of sp³-hybridized carbons (Fsp3) is 0.389. The van der Waals surface area contributed by atoms with Gasteiger partial charge in [0.25, 0.3) is 5.91 Å². The Kier molecular flexibility index (Phi) is 12.5. The van der Waals surface area contributed by atoms with Gasteiger partial charge in [0.05, 0.1) is 12.6 Å². The van der Waals surface area contributed by atoms with Crippen molar-refractivity contribution in [3.8, 4) is 5.75 Å². The number of aliphatic carboxylic acids is 1. The van der Waals surface area contributed by atoms with Gasteiger partial charge in [-0.2, -0.15) is 0 Å². The maximum Gasteiger partial charge on any atom is 0.326 e. The molecule has 0 radical (unpaired) electrons. The Labute approximate surface area is 299 Å². The van der Waals surface area contributed by atoms with Gasteiger partial charge in [-0.3, -0.25) is 14.4 Å². The van der Waals surface area contributed by atoms with Crippen molar-refractivity contribution in [2.24, 2.45) is 5.92 Å². The molecule has 2 fully saturated rings. The van der Waals surface area contributed by atoms with Crippen LogP contribution in [-0.4, -0.2) is 64.1 Å². The number of carbonyl (C=O) groups excluding carboxylic acids is 3. The number of thioether (sulfide) groups is 1. The Bertz CT molecular complexity index is 1620. The molecule has 4 atom stereocenters. The lowest BCUT2D eigenvalue weighted by Crippen LogP contribution is -2.69. The second kappa shape index (κ2) is 16.8. The lowest BCUT2D eigenvalue weighted by Gasteiger charge is -2.50. The highest BCUT2D eigenvalue weighted by molar-refractivity contribution is 8.00. The molecule has 1 unspecified atom stereocenters. The van der Waals surface area contributed by atoms with E-state index >= 15 is 0 Å². The van der Waals surface area contributed by atoms with Crippen molar-refractivity contribution >= 4 is 58.7 Å². The molecule has 2 aliphatic rings. The summed E-state index contributed by atoms with van der Waals surface area (Å²) < 4.78 is 5.65. The largest absolute Gasteiger partial charge is 0.484 e. The van der Waals surface area contributed by atoms with E-state index in [1.807, 2.05) is 12.1 Å². The predicted molar refractivity (Wildman–Crippen MR) is 189 cm³/mol. The monoisotopic (exact) mass is 727 g/mol. The Morgan fingerprint density at radius 2 is 1.49 bits per heavy atom. The van der Waals surface area contributed by atoms with Gasteiger partial charge < -0.3 is 30.9 Å². The quantitative estimate of drug-likeness (QED) is 0.133. The van der Waals surface area contributed by atoms with Gasteiger partial charge in [-0.1, -0.05) is 91.7 Å². The minimum absolute atomic E-state index is 0.173. The number of nitrogens with one attached hydrogen (secondary N) is 3. The van der Waals surface area contributed by atoms with Gasteiger partial charge in [0.2, 0.25) is 11.8 Å². The first-order chi connectivity index (χ1) is 23.5. The number of hydrogen-bond acceptors (Lipinski definition) is 7. The van der Waals surface area contributed by atoms with Crippen LogP contribution in [-0.2, 0) is 24.7 Å². The van der Waals surface area contributed by atoms with E-state index in [4.69, 9.17) is 27.9 Å². The van der Waals surface area contributed by atoms with Crippen LogP contribution in [0.4, 0.5) is 0 Å². The Balaban J connectivity index is 1.18. The van der Waals surface area contributed by atoms with Gasteiger partial charge in [0, 0.05) is 15.8 Å². The van der Waals surface area contributed by atoms with Crippen molar-refractivity contribution in [1.82, 2.24) is 16.0 Å². The molecular formula is C36H39Cl2N3O7S. The highest BCUT2D eigenvalue weighted by Gasteiger charge is 2.56. The molecule has 3 amide bonds. The van der Waals surface area contributed by atoms with Crippen LogP contribution in [0.15, 0.2) is 72.8 Å². The average molecular weight is 729 g/mol. The number of aliphatic hydroxyl groups excluding tert-OH is 1. The summed E-state index contributed by atoms with van der Waals surface area (Å²) in [6.45, 7) is -0.734. The minimum atomic E-state index is -1.09. The van der Waals surface area contributed by atoms with E-state index in [9.17, 15) is 29.4 Å². The summed E-state index contributed by atoms with van der Waals surface area (Å²) in [5, 5.41) is 29.0. The molecule has 0 bridgehead atoms. The number of aliphatic hydroxyl groups is 1. The number of carboxylic acids is 1. The zero-order valence-corrected chi connectivity index (χ0v) is 29.0. The van der Waals surface area contributed by atoms with Crippen LogP contribution < -0.4 is 20.7 Å². The third-order valence-electron chi connectivity index (χ3n) is 8.98. The molecule has 10 nitrogen and oxygen atoms in total. The number of carboxylic acid groups (broad SMARTS) is 1. The molecule has 49 heavy (non-hydrogen) atoms. The predicted octanol–water partition coefficient (Wildman–Crippen LogP) is 5.24. The molecule has 260 valence electrons. The van der Waals surface area contributed by atoms with Crippen LogP contribution in [0.2, 0.25) is 10.0 Å². The van der Waals surface area contributed by atoms with Crippen molar-refractivity contribution in [1.29, 1.82) is 0 Å². The number of carbonyl (C=O) groups is 4. The second-order valence-corrected chi connectivity index (χ2v) is 14.4. The first-order valence-electron chi connectivity index (χ1n) is 16.2. The molecular weight excluding hydrogens is 689 g/mol. The smallest absolute Gasteiger partial charge is 0.326 e. The molecule has 1 aliphatic heterocycles. The van der Waals surface area contributed by atoms with Crippen molar-refractivity contribution in [2.75, 3.05) is 18.9 Å². The number of benzene rings is 3. The molecule has 5 rings (SSSR count). The molecule has 1 saturated carbocycles. The summed E-state index contributed by atoms with van der Waals surface area (Å²) in [6.07, 6.45) is 4.77. The number of hydrogen-bond donors (Lipinski definition) is 5. The Hall–Kier alpha value is -3.77. The summed E-state index contributed by atoms with van der Waals surface area (Å²) in [5.74, 6) is -1.46. The number of amides is 3. The topological polar surface area (TPSA) is 154 Å². The Morgan fingerprint density at radius 3 is 2.08 bits per heavy atom. The van der Waals surface area contributed by atoms with E-state index in [1.165, 1.54) is 11.8 Å². The van der Waals surface area contributed by atoms with Crippen LogP contribution in [0.1, 0.15) is 61.3 Å². The van der Waals surface area contributed by atoms with Crippen molar-refractivity contribution in [3.05, 3.63) is 99.5 Å². The first kappa shape index (κ1) is 36.5. The standard InChI is InChI=1S/C36H39Cl2N3O7S/c37-26-12-6-23(7-13-26)30(42)21-49-33-34(45)41-36(33,24-8-14-27(38)15-9-24)25-10-16-28(17-11-25)48-20-32(44)39-19-31(43)40-29(35(46)47)18-22-4-2-1-3-5-22/h6-17,22,29-30,33,42H,1-5,18-21H2,(H,39,44)(H,40,43)(H,41,45)(H,46,47)/t29-,30?,33+,36+/m1/s1. The van der Waals surface area contributed by atoms with Crippen molar-refractivity contribution < 1.29 is 34.1 Å². The van der Waals surface area contributed by atoms with Gasteiger partial charge in [-0.05, 0) is 65.4 Å². The molecule has 13 heteroatoms. The van der Waals surface area contributed by atoms with Crippen LogP contribution >= 0.6 is 35.0 Å². The van der Waals surface area contributed by atoms with E-state index < -0.39 is 40.7 Å². The van der Waals surface area contributed by atoms with Crippen molar-refractivity contribution in [3.63, 3.8) is 0 Å². The normalized spacial score (nSPS) is 20.3. The van der Waals surface area contributed by atoms with Gasteiger partial charge in [-0.15, -0.1) is 11.8 Å². The molecule has 3 aromatic carbocycles. The molecule has 5 N–H and O–H groups in total. The summed E-state index contributed by atoms with van der Waals surface area (Å²) in [4.78, 5) is 49.6. The summed E-state index contributed by atoms with van der Waals surface area (Å²) in [5.41, 5.74) is 1.35. The average Bonchev–Trinajstić information content (AvgIpc) is 3.09. The van der Waals surface area contributed by atoms with E-state index in [0.717, 1.165) is 43.2 Å². The lowest BCUT2D eigenvalue weighted by molar-refractivity contribution is -0.142. The second-order valence-electron chi connectivity index (χ2n) is 12.4. The van der Waals surface area contributed by atoms with Gasteiger partial charge in [-0.25, -0.2) is 4.79 Å². The van der Waals surface area contributed by atoms with E-state index in [0.29, 0.717) is 27.8 Å². The fourth-order valence-corrected chi connectivity index (χ4v) is 7.97. The maximum absolute atomic E-state index is 13.0. The van der Waals surface area contributed by atoms with E-state index in [2.05, 4.69) is 16.0 Å². The lowest BCUT2D eigenvalue weighted by atomic mass is 9.74. The first-order valence-corrected chi connectivity index (χ1v) is 18.0. The molecule has 1 heterocycles. The van der Waals surface area contributed by atoms with Gasteiger partial charge in [0.15, 0.2) is 6.61 Å². The van der Waals surface area contributed by atoms with Crippen molar-refractivity contribution in [2.45, 2.75) is 61.5 Å². The fourth-order valence-electron chi connectivity index (χ4n) is 6.36. The Morgan fingerprint density at radius 1 is 0.898 bits per heavy atom. The number of β-lactam (4-membered cyclic amide) rings is 1. The van der Waals surface area contributed by atoms with Gasteiger partial charge in [0.1, 0.15) is 22.6 Å². The van der Waals surface area contributed by atoms with E-state index in [-0.39, 0.29) is 30.7 Å².